The van der Waals surface area contributed by atoms with Crippen molar-refractivity contribution in [3.8, 4) is 44.9 Å². The van der Waals surface area contributed by atoms with E-state index < -0.39 is 5.41 Å². The molecule has 1 aliphatic heterocycles. The van der Waals surface area contributed by atoms with Crippen LogP contribution in [0.1, 0.15) is 22.3 Å². The van der Waals surface area contributed by atoms with Crippen molar-refractivity contribution >= 4 is 21.5 Å². The Morgan fingerprint density at radius 1 is 0.391 bits per heavy atom. The predicted molar refractivity (Wildman–Crippen MR) is 190 cm³/mol. The normalized spacial score (nSPS) is 15.7. The summed E-state index contributed by atoms with van der Waals surface area (Å²) in [6.45, 7) is 0. The van der Waals surface area contributed by atoms with Gasteiger partial charge in [0.15, 0.2) is 0 Å². The zero-order valence-corrected chi connectivity index (χ0v) is 25.1. The van der Waals surface area contributed by atoms with Crippen LogP contribution in [0.3, 0.4) is 0 Å². The molecule has 0 aromatic heterocycles. The molecule has 46 heavy (non-hydrogen) atoms. The van der Waals surface area contributed by atoms with Crippen molar-refractivity contribution in [2.45, 2.75) is 5.41 Å². The van der Waals surface area contributed by atoms with Gasteiger partial charge in [0.1, 0.15) is 11.5 Å². The largest absolute Gasteiger partial charge is 0.456 e. The van der Waals surface area contributed by atoms with Crippen LogP contribution < -0.4 is 4.74 Å². The lowest BCUT2D eigenvalue weighted by Crippen LogP contribution is -2.28. The molecule has 1 atom stereocenters. The first-order valence-electron chi connectivity index (χ1n) is 15.9. The summed E-state index contributed by atoms with van der Waals surface area (Å²) >= 11 is 0. The Morgan fingerprint density at radius 3 is 2.04 bits per heavy atom. The van der Waals surface area contributed by atoms with Gasteiger partial charge in [0.05, 0.1) is 5.41 Å². The molecule has 0 fully saturated rings. The highest BCUT2D eigenvalue weighted by molar-refractivity contribution is 6.10. The second-order valence-electron chi connectivity index (χ2n) is 12.4. The average Bonchev–Trinajstić information content (AvgIpc) is 3.44. The Bertz CT molecular complexity index is 2510. The Kier molecular flexibility index (Phi) is 5.27. The standard InChI is InChI=1S/C45H28O/c1-2-14-31(15-3-1)45(39-22-8-6-19-38(39)43-34-17-5-4-12-29(34)24-26-40(43)45)32-16-10-13-30(28-32)33-25-27-42-44-36(33)20-11-21-37(44)35-18-7-9-23-41(35)46-42/h1-28H. The number of rotatable bonds is 3. The molecule has 0 bridgehead atoms. The van der Waals surface area contributed by atoms with Crippen molar-refractivity contribution < 1.29 is 4.74 Å². The first kappa shape index (κ1) is 25.4. The van der Waals surface area contributed by atoms with Crippen molar-refractivity contribution in [2.24, 2.45) is 0 Å². The fourth-order valence-corrected chi connectivity index (χ4v) is 8.28. The third-order valence-electron chi connectivity index (χ3n) is 10.1. The minimum Gasteiger partial charge on any atom is -0.456 e. The van der Waals surface area contributed by atoms with E-state index in [0.29, 0.717) is 0 Å². The Morgan fingerprint density at radius 2 is 1.11 bits per heavy atom. The predicted octanol–water partition coefficient (Wildman–Crippen LogP) is 11.8. The first-order valence-corrected chi connectivity index (χ1v) is 15.9. The number of ether oxygens (including phenoxy) is 1. The molecule has 0 N–H and O–H groups in total. The van der Waals surface area contributed by atoms with E-state index in [1.165, 1.54) is 71.6 Å². The van der Waals surface area contributed by atoms with Crippen molar-refractivity contribution in [1.29, 1.82) is 0 Å². The fraction of sp³-hybridized carbons (Fsp3) is 0.0222. The topological polar surface area (TPSA) is 9.23 Å². The van der Waals surface area contributed by atoms with Gasteiger partial charge in [-0.1, -0.05) is 152 Å². The summed E-state index contributed by atoms with van der Waals surface area (Å²) in [6, 6.07) is 62.1. The summed E-state index contributed by atoms with van der Waals surface area (Å²) in [6.07, 6.45) is 0. The van der Waals surface area contributed by atoms with Gasteiger partial charge in [0.25, 0.3) is 0 Å². The second-order valence-corrected chi connectivity index (χ2v) is 12.4. The van der Waals surface area contributed by atoms with Crippen LogP contribution in [0, 0.1) is 0 Å². The molecule has 0 amide bonds. The zero-order chi connectivity index (χ0) is 30.2. The van der Waals surface area contributed by atoms with Crippen LogP contribution in [0.5, 0.6) is 11.5 Å². The third kappa shape index (κ3) is 3.35. The van der Waals surface area contributed by atoms with Crippen molar-refractivity contribution in [3.63, 3.8) is 0 Å². The van der Waals surface area contributed by atoms with Gasteiger partial charge in [-0.15, -0.1) is 0 Å². The smallest absolute Gasteiger partial charge is 0.135 e. The molecule has 1 heterocycles. The van der Waals surface area contributed by atoms with Gasteiger partial charge < -0.3 is 4.74 Å². The van der Waals surface area contributed by atoms with Gasteiger partial charge in [-0.2, -0.15) is 0 Å². The summed E-state index contributed by atoms with van der Waals surface area (Å²) in [5, 5.41) is 4.94. The molecule has 0 saturated carbocycles. The van der Waals surface area contributed by atoms with E-state index in [9.17, 15) is 0 Å². The molecular formula is C45H28O. The number of para-hydroxylation sites is 1. The molecule has 0 spiro atoms. The molecule has 0 saturated heterocycles. The van der Waals surface area contributed by atoms with Crippen LogP contribution >= 0.6 is 0 Å². The third-order valence-corrected chi connectivity index (χ3v) is 10.1. The fourth-order valence-electron chi connectivity index (χ4n) is 8.28. The van der Waals surface area contributed by atoms with Crippen LogP contribution in [0.15, 0.2) is 170 Å². The molecule has 1 unspecified atom stereocenters. The molecule has 1 heteroatoms. The maximum Gasteiger partial charge on any atom is 0.135 e. The first-order chi connectivity index (χ1) is 22.8. The minimum absolute atomic E-state index is 0.471. The van der Waals surface area contributed by atoms with Crippen LogP contribution in [0.2, 0.25) is 0 Å². The van der Waals surface area contributed by atoms with E-state index in [4.69, 9.17) is 4.74 Å². The maximum atomic E-state index is 6.43. The average molecular weight is 585 g/mol. The summed E-state index contributed by atoms with van der Waals surface area (Å²) in [4.78, 5) is 0. The van der Waals surface area contributed by atoms with E-state index in [0.717, 1.165) is 17.1 Å². The Balaban J connectivity index is 1.26. The highest BCUT2D eigenvalue weighted by Crippen LogP contribution is 2.58. The van der Waals surface area contributed by atoms with Gasteiger partial charge in [-0.05, 0) is 84.4 Å². The summed E-state index contributed by atoms with van der Waals surface area (Å²) in [5.41, 5.74) is 12.1. The molecule has 1 nitrogen and oxygen atoms in total. The molecular weight excluding hydrogens is 556 g/mol. The monoisotopic (exact) mass is 584 g/mol. The lowest BCUT2D eigenvalue weighted by Gasteiger charge is -2.34. The van der Waals surface area contributed by atoms with E-state index in [1.807, 2.05) is 6.07 Å². The van der Waals surface area contributed by atoms with Gasteiger partial charge in [-0.3, -0.25) is 0 Å². The zero-order valence-electron chi connectivity index (χ0n) is 25.1. The van der Waals surface area contributed by atoms with E-state index >= 15 is 0 Å². The summed E-state index contributed by atoms with van der Waals surface area (Å²) in [5.74, 6) is 1.82. The summed E-state index contributed by atoms with van der Waals surface area (Å²) < 4.78 is 6.43. The van der Waals surface area contributed by atoms with Crippen molar-refractivity contribution in [2.75, 3.05) is 0 Å². The van der Waals surface area contributed by atoms with Crippen LogP contribution in [-0.2, 0) is 5.41 Å². The van der Waals surface area contributed by atoms with Crippen LogP contribution in [-0.4, -0.2) is 0 Å². The number of hydrogen-bond donors (Lipinski definition) is 0. The Hall–Kier alpha value is -5.92. The number of benzene rings is 8. The van der Waals surface area contributed by atoms with E-state index in [2.05, 4.69) is 164 Å². The minimum atomic E-state index is -0.471. The van der Waals surface area contributed by atoms with E-state index in [-0.39, 0.29) is 0 Å². The van der Waals surface area contributed by atoms with Gasteiger partial charge in [-0.25, -0.2) is 0 Å². The maximum absolute atomic E-state index is 6.43. The molecule has 2 aliphatic rings. The van der Waals surface area contributed by atoms with Crippen LogP contribution in [0.4, 0.5) is 0 Å². The SMILES string of the molecule is c1ccc(C2(c3cccc(-c4ccc5c6c(cccc46)-c4ccccc4O5)c3)c3ccccc3-c3c2ccc2ccccc32)cc1. The van der Waals surface area contributed by atoms with Gasteiger partial charge in [0.2, 0.25) is 0 Å². The van der Waals surface area contributed by atoms with Gasteiger partial charge >= 0.3 is 0 Å². The Labute approximate surface area is 268 Å². The quantitative estimate of drug-likeness (QED) is 0.201. The molecule has 214 valence electrons. The van der Waals surface area contributed by atoms with Gasteiger partial charge in [0, 0.05) is 10.9 Å². The van der Waals surface area contributed by atoms with E-state index in [1.54, 1.807) is 0 Å². The van der Waals surface area contributed by atoms with Crippen molar-refractivity contribution in [1.82, 2.24) is 0 Å². The molecule has 8 aromatic rings. The lowest BCUT2D eigenvalue weighted by molar-refractivity contribution is 0.487. The van der Waals surface area contributed by atoms with Crippen molar-refractivity contribution in [3.05, 3.63) is 192 Å². The lowest BCUT2D eigenvalue weighted by atomic mass is 9.67. The molecule has 1 aliphatic carbocycles. The number of fused-ring (bicyclic) bond motifs is 7. The highest BCUT2D eigenvalue weighted by atomic mass is 16.5. The highest BCUT2D eigenvalue weighted by Gasteiger charge is 2.46. The summed E-state index contributed by atoms with van der Waals surface area (Å²) in [7, 11) is 0. The van der Waals surface area contributed by atoms with Crippen LogP contribution in [0.25, 0.3) is 54.9 Å². The molecule has 8 aromatic carbocycles. The molecule has 0 radical (unpaired) electrons. The second kappa shape index (κ2) is 9.54. The molecule has 10 rings (SSSR count). The number of hydrogen-bond acceptors (Lipinski definition) is 1.